The van der Waals surface area contributed by atoms with Crippen molar-refractivity contribution in [1.29, 1.82) is 0 Å². The van der Waals surface area contributed by atoms with Gasteiger partial charge in [0.1, 0.15) is 17.6 Å². The van der Waals surface area contributed by atoms with E-state index in [9.17, 15) is 10.1 Å². The zero-order valence-electron chi connectivity index (χ0n) is 15.4. The quantitative estimate of drug-likeness (QED) is 0.335. The highest BCUT2D eigenvalue weighted by Crippen LogP contribution is 2.35. The van der Waals surface area contributed by atoms with E-state index in [0.29, 0.717) is 21.9 Å². The number of benzene rings is 2. The molecule has 0 unspecified atom stereocenters. The Bertz CT molecular complexity index is 1410. The van der Waals surface area contributed by atoms with Crippen LogP contribution in [0.4, 0.5) is 16.6 Å². The van der Waals surface area contributed by atoms with Crippen LogP contribution in [0.3, 0.4) is 0 Å². The summed E-state index contributed by atoms with van der Waals surface area (Å²) in [5.74, 6) is 0.718. The van der Waals surface area contributed by atoms with E-state index in [0.717, 1.165) is 10.2 Å². The SMILES string of the molecule is COc1ccc2nc(Nc3ncnc(-n4nnc5ccccc54)c3[N+](=O)[O-])sc2c1. The van der Waals surface area contributed by atoms with Gasteiger partial charge in [0.15, 0.2) is 5.13 Å². The van der Waals surface area contributed by atoms with Crippen molar-refractivity contribution in [2.24, 2.45) is 0 Å². The zero-order valence-corrected chi connectivity index (χ0v) is 16.2. The van der Waals surface area contributed by atoms with Gasteiger partial charge in [0.2, 0.25) is 11.6 Å². The van der Waals surface area contributed by atoms with Gasteiger partial charge in [0.05, 0.1) is 27.8 Å². The summed E-state index contributed by atoms with van der Waals surface area (Å²) in [4.78, 5) is 24.0. The molecule has 0 aliphatic heterocycles. The summed E-state index contributed by atoms with van der Waals surface area (Å²) in [6.45, 7) is 0. The van der Waals surface area contributed by atoms with Gasteiger partial charge in [0.25, 0.3) is 0 Å². The van der Waals surface area contributed by atoms with Crippen LogP contribution < -0.4 is 10.1 Å². The molecule has 3 heterocycles. The van der Waals surface area contributed by atoms with E-state index in [-0.39, 0.29) is 17.3 Å². The van der Waals surface area contributed by atoms with E-state index in [1.54, 1.807) is 31.4 Å². The van der Waals surface area contributed by atoms with Crippen molar-refractivity contribution in [3.8, 4) is 11.6 Å². The maximum absolute atomic E-state index is 11.9. The van der Waals surface area contributed by atoms with E-state index >= 15 is 0 Å². The summed E-state index contributed by atoms with van der Waals surface area (Å²) < 4.78 is 7.42. The van der Waals surface area contributed by atoms with Crippen molar-refractivity contribution in [2.45, 2.75) is 0 Å². The minimum absolute atomic E-state index is 0.00832. The highest BCUT2D eigenvalue weighted by atomic mass is 32.1. The molecule has 12 heteroatoms. The third-order valence-electron chi connectivity index (χ3n) is 4.36. The molecule has 0 saturated heterocycles. The molecule has 0 fully saturated rings. The molecule has 0 spiro atoms. The number of para-hydroxylation sites is 1. The lowest BCUT2D eigenvalue weighted by Crippen LogP contribution is -2.08. The first-order chi connectivity index (χ1) is 14.6. The Balaban J connectivity index is 1.61. The summed E-state index contributed by atoms with van der Waals surface area (Å²) in [6, 6.07) is 12.6. The fourth-order valence-electron chi connectivity index (χ4n) is 3.00. The molecule has 0 amide bonds. The van der Waals surface area contributed by atoms with Gasteiger partial charge < -0.3 is 10.1 Å². The van der Waals surface area contributed by atoms with Gasteiger partial charge in [-0.25, -0.2) is 15.0 Å². The molecular formula is C18H12N8O3S. The normalized spacial score (nSPS) is 11.1. The summed E-state index contributed by atoms with van der Waals surface area (Å²) in [5, 5.41) is 23.4. The highest BCUT2D eigenvalue weighted by molar-refractivity contribution is 7.22. The molecule has 1 N–H and O–H groups in total. The Morgan fingerprint density at radius 1 is 1.17 bits per heavy atom. The molecule has 148 valence electrons. The van der Waals surface area contributed by atoms with Crippen LogP contribution in [-0.4, -0.2) is 42.0 Å². The summed E-state index contributed by atoms with van der Waals surface area (Å²) >= 11 is 1.33. The number of methoxy groups -OCH3 is 1. The first-order valence-corrected chi connectivity index (χ1v) is 9.47. The number of hydrogen-bond acceptors (Lipinski definition) is 10. The van der Waals surface area contributed by atoms with Gasteiger partial charge >= 0.3 is 5.69 Å². The first kappa shape index (κ1) is 17.9. The maximum atomic E-state index is 11.9. The number of thiazole rings is 1. The molecule has 30 heavy (non-hydrogen) atoms. The topological polar surface area (TPSA) is 134 Å². The van der Waals surface area contributed by atoms with Crippen LogP contribution in [0.15, 0.2) is 48.8 Å². The fraction of sp³-hybridized carbons (Fsp3) is 0.0556. The third kappa shape index (κ3) is 2.95. The van der Waals surface area contributed by atoms with E-state index in [2.05, 4.69) is 30.6 Å². The number of rotatable bonds is 5. The molecule has 0 saturated carbocycles. The maximum Gasteiger partial charge on any atom is 0.356 e. The summed E-state index contributed by atoms with van der Waals surface area (Å²) in [6.07, 6.45) is 1.23. The average Bonchev–Trinajstić information content (AvgIpc) is 3.36. The Morgan fingerprint density at radius 2 is 2.03 bits per heavy atom. The van der Waals surface area contributed by atoms with Crippen molar-refractivity contribution < 1.29 is 9.66 Å². The number of fused-ring (bicyclic) bond motifs is 2. The molecule has 0 atom stereocenters. The standard InChI is InChI=1S/C18H12N8O3S/c1-29-10-6-7-12-14(8-10)30-18(21-12)22-16-15(26(27)28)17(20-9-19-16)25-13-5-3-2-4-11(13)23-24-25/h2-9H,1H3,(H,19,20,21,22). The first-order valence-electron chi connectivity index (χ1n) is 8.66. The van der Waals surface area contributed by atoms with Crippen LogP contribution in [0.2, 0.25) is 0 Å². The predicted molar refractivity (Wildman–Crippen MR) is 111 cm³/mol. The second-order valence-electron chi connectivity index (χ2n) is 6.12. The second kappa shape index (κ2) is 7.00. The van der Waals surface area contributed by atoms with Crippen molar-refractivity contribution in [2.75, 3.05) is 12.4 Å². The highest BCUT2D eigenvalue weighted by Gasteiger charge is 2.27. The van der Waals surface area contributed by atoms with Gasteiger partial charge in [0, 0.05) is 0 Å². The smallest absolute Gasteiger partial charge is 0.356 e. The number of ether oxygens (including phenoxy) is 1. The van der Waals surface area contributed by atoms with Crippen LogP contribution in [0.5, 0.6) is 5.75 Å². The van der Waals surface area contributed by atoms with Crippen LogP contribution in [0.25, 0.3) is 27.1 Å². The fourth-order valence-corrected chi connectivity index (χ4v) is 3.89. The summed E-state index contributed by atoms with van der Waals surface area (Å²) in [7, 11) is 1.58. The number of nitro groups is 1. The van der Waals surface area contributed by atoms with E-state index < -0.39 is 4.92 Å². The predicted octanol–water partition coefficient (Wildman–Crippen LogP) is 3.48. The molecule has 11 nitrogen and oxygen atoms in total. The van der Waals surface area contributed by atoms with Crippen LogP contribution >= 0.6 is 11.3 Å². The Kier molecular flexibility index (Phi) is 4.17. The molecule has 0 aliphatic rings. The van der Waals surface area contributed by atoms with E-state index in [1.807, 2.05) is 18.2 Å². The summed E-state index contributed by atoms with van der Waals surface area (Å²) in [5.41, 5.74) is 1.60. The van der Waals surface area contributed by atoms with Gasteiger partial charge in [-0.05, 0) is 30.3 Å². The molecule has 5 rings (SSSR count). The van der Waals surface area contributed by atoms with Crippen LogP contribution in [-0.2, 0) is 0 Å². The second-order valence-corrected chi connectivity index (χ2v) is 7.15. The molecule has 5 aromatic rings. The van der Waals surface area contributed by atoms with Crippen molar-refractivity contribution >= 4 is 49.2 Å². The molecule has 0 bridgehead atoms. The van der Waals surface area contributed by atoms with Crippen LogP contribution in [0.1, 0.15) is 0 Å². The zero-order chi connectivity index (χ0) is 20.7. The van der Waals surface area contributed by atoms with Gasteiger partial charge in [-0.3, -0.25) is 10.1 Å². The number of aromatic nitrogens is 6. The Hall–Kier alpha value is -4.19. The van der Waals surface area contributed by atoms with Crippen molar-refractivity contribution in [3.63, 3.8) is 0 Å². The average molecular weight is 420 g/mol. The number of nitrogens with one attached hydrogen (secondary N) is 1. The molecule has 0 aliphatic carbocycles. The van der Waals surface area contributed by atoms with Crippen LogP contribution in [0, 0.1) is 10.1 Å². The number of anilines is 2. The molecular weight excluding hydrogens is 408 g/mol. The third-order valence-corrected chi connectivity index (χ3v) is 5.29. The number of nitrogens with zero attached hydrogens (tertiary/aromatic N) is 7. The number of hydrogen-bond donors (Lipinski definition) is 1. The van der Waals surface area contributed by atoms with Crippen molar-refractivity contribution in [1.82, 2.24) is 29.9 Å². The molecule has 0 radical (unpaired) electrons. The minimum atomic E-state index is -0.551. The van der Waals surface area contributed by atoms with E-state index in [4.69, 9.17) is 4.74 Å². The minimum Gasteiger partial charge on any atom is -0.497 e. The largest absolute Gasteiger partial charge is 0.497 e. The van der Waals surface area contributed by atoms with Gasteiger partial charge in [-0.2, -0.15) is 4.68 Å². The lowest BCUT2D eigenvalue weighted by molar-refractivity contribution is -0.384. The lowest BCUT2D eigenvalue weighted by atomic mass is 10.3. The Morgan fingerprint density at radius 3 is 2.87 bits per heavy atom. The lowest BCUT2D eigenvalue weighted by Gasteiger charge is -2.06. The van der Waals surface area contributed by atoms with Gasteiger partial charge in [-0.1, -0.05) is 28.7 Å². The Labute approximate surface area is 172 Å². The van der Waals surface area contributed by atoms with Crippen molar-refractivity contribution in [3.05, 3.63) is 58.9 Å². The van der Waals surface area contributed by atoms with Gasteiger partial charge in [-0.15, -0.1) is 5.10 Å². The van der Waals surface area contributed by atoms with E-state index in [1.165, 1.54) is 22.3 Å². The monoisotopic (exact) mass is 420 g/mol. The molecule has 3 aromatic heterocycles. The molecule has 2 aromatic carbocycles.